The molecule has 1 heterocycles. The highest BCUT2D eigenvalue weighted by Gasteiger charge is 2.16. The Morgan fingerprint density at radius 2 is 1.95 bits per heavy atom. The van der Waals surface area contributed by atoms with Crippen LogP contribution in [-0.2, 0) is 9.59 Å². The fourth-order valence-corrected chi connectivity index (χ4v) is 2.21. The van der Waals surface area contributed by atoms with Crippen LogP contribution in [0.2, 0.25) is 0 Å². The van der Waals surface area contributed by atoms with E-state index in [1.54, 1.807) is 0 Å². The van der Waals surface area contributed by atoms with Gasteiger partial charge in [0.25, 0.3) is 0 Å². The summed E-state index contributed by atoms with van der Waals surface area (Å²) in [5, 5.41) is 8.89. The lowest BCUT2D eigenvalue weighted by Crippen LogP contribution is -2.46. The van der Waals surface area contributed by atoms with Crippen molar-refractivity contribution in [2.24, 2.45) is 0 Å². The second kappa shape index (κ2) is 7.48. The molecule has 0 aromatic heterocycles. The number of hydrogen-bond donors (Lipinski definition) is 3. The molecule has 5 heteroatoms. The Labute approximate surface area is 115 Å². The maximum Gasteiger partial charge on any atom is 0.239 e. The van der Waals surface area contributed by atoms with Crippen LogP contribution >= 0.6 is 0 Å². The average Bonchev–Trinajstić information content (AvgIpc) is 2.33. The van der Waals surface area contributed by atoms with Gasteiger partial charge in [-0.05, 0) is 46.6 Å². The number of piperidine rings is 1. The van der Waals surface area contributed by atoms with E-state index < -0.39 is 0 Å². The molecule has 1 fully saturated rings. The third-order valence-electron chi connectivity index (χ3n) is 3.09. The summed E-state index contributed by atoms with van der Waals surface area (Å²) in [7, 11) is 0. The van der Waals surface area contributed by atoms with Crippen molar-refractivity contribution in [1.29, 1.82) is 0 Å². The van der Waals surface area contributed by atoms with Crippen molar-refractivity contribution < 1.29 is 9.59 Å². The highest BCUT2D eigenvalue weighted by atomic mass is 16.2. The number of rotatable bonds is 5. The van der Waals surface area contributed by atoms with E-state index in [2.05, 4.69) is 16.0 Å². The first-order chi connectivity index (χ1) is 8.87. The Balaban J connectivity index is 2.12. The summed E-state index contributed by atoms with van der Waals surface area (Å²) in [4.78, 5) is 23.2. The SMILES string of the molecule is CC(C)(C)NC(=O)CNC(=O)CCC1CCCCN1. The molecule has 1 atom stereocenters. The molecular weight excluding hydrogens is 242 g/mol. The minimum Gasteiger partial charge on any atom is -0.350 e. The number of carbonyl (C=O) groups excluding carboxylic acids is 2. The van der Waals surface area contributed by atoms with E-state index in [-0.39, 0.29) is 23.9 Å². The quantitative estimate of drug-likeness (QED) is 0.695. The van der Waals surface area contributed by atoms with Crippen LogP contribution in [0.5, 0.6) is 0 Å². The van der Waals surface area contributed by atoms with Gasteiger partial charge in [-0.3, -0.25) is 9.59 Å². The Hall–Kier alpha value is -1.10. The fourth-order valence-electron chi connectivity index (χ4n) is 2.21. The van der Waals surface area contributed by atoms with Crippen LogP contribution in [0.3, 0.4) is 0 Å². The molecule has 1 aliphatic rings. The summed E-state index contributed by atoms with van der Waals surface area (Å²) in [6.45, 7) is 6.87. The van der Waals surface area contributed by atoms with Crippen molar-refractivity contribution in [3.63, 3.8) is 0 Å². The van der Waals surface area contributed by atoms with Crippen LogP contribution in [0, 0.1) is 0 Å². The van der Waals surface area contributed by atoms with Crippen LogP contribution in [0.1, 0.15) is 52.9 Å². The van der Waals surface area contributed by atoms with Gasteiger partial charge in [0.15, 0.2) is 0 Å². The molecule has 3 N–H and O–H groups in total. The summed E-state index contributed by atoms with van der Waals surface area (Å²) >= 11 is 0. The third-order valence-corrected chi connectivity index (χ3v) is 3.09. The smallest absolute Gasteiger partial charge is 0.239 e. The zero-order chi connectivity index (χ0) is 14.3. The topological polar surface area (TPSA) is 70.2 Å². The molecule has 110 valence electrons. The second-order valence-electron chi connectivity index (χ2n) is 6.26. The minimum absolute atomic E-state index is 0.0450. The minimum atomic E-state index is -0.256. The van der Waals surface area contributed by atoms with Crippen molar-refractivity contribution in [2.45, 2.75) is 64.5 Å². The Kier molecular flexibility index (Phi) is 6.28. The first-order valence-electron chi connectivity index (χ1n) is 7.18. The van der Waals surface area contributed by atoms with Gasteiger partial charge < -0.3 is 16.0 Å². The number of hydrogen-bond acceptors (Lipinski definition) is 3. The predicted octanol–water partition coefficient (Wildman–Crippen LogP) is 0.940. The molecule has 0 aromatic rings. The van der Waals surface area contributed by atoms with Crippen LogP contribution in [-0.4, -0.2) is 36.5 Å². The molecule has 1 unspecified atom stereocenters. The standard InChI is InChI=1S/C14H27N3O2/c1-14(2,3)17-13(19)10-16-12(18)8-7-11-6-4-5-9-15-11/h11,15H,4-10H2,1-3H3,(H,16,18)(H,17,19). The normalized spacial score (nSPS) is 19.8. The molecule has 5 nitrogen and oxygen atoms in total. The van der Waals surface area contributed by atoms with Crippen LogP contribution < -0.4 is 16.0 Å². The zero-order valence-electron chi connectivity index (χ0n) is 12.3. The Morgan fingerprint density at radius 3 is 2.53 bits per heavy atom. The molecule has 1 rings (SSSR count). The van der Waals surface area contributed by atoms with Crippen molar-refractivity contribution in [1.82, 2.24) is 16.0 Å². The third kappa shape index (κ3) is 7.82. The van der Waals surface area contributed by atoms with Crippen molar-refractivity contribution in [2.75, 3.05) is 13.1 Å². The summed E-state index contributed by atoms with van der Waals surface area (Å²) < 4.78 is 0. The van der Waals surface area contributed by atoms with Gasteiger partial charge in [0, 0.05) is 18.0 Å². The maximum absolute atomic E-state index is 11.6. The molecule has 0 aliphatic carbocycles. The largest absolute Gasteiger partial charge is 0.350 e. The van der Waals surface area contributed by atoms with Gasteiger partial charge in [-0.1, -0.05) is 6.42 Å². The Morgan fingerprint density at radius 1 is 1.21 bits per heavy atom. The second-order valence-corrected chi connectivity index (χ2v) is 6.26. The zero-order valence-corrected chi connectivity index (χ0v) is 12.3. The monoisotopic (exact) mass is 269 g/mol. The van der Waals surface area contributed by atoms with Crippen molar-refractivity contribution in [3.05, 3.63) is 0 Å². The van der Waals surface area contributed by atoms with Crippen LogP contribution in [0.25, 0.3) is 0 Å². The highest BCUT2D eigenvalue weighted by molar-refractivity contribution is 5.84. The lowest BCUT2D eigenvalue weighted by molar-refractivity contribution is -0.127. The summed E-state index contributed by atoms with van der Waals surface area (Å²) in [6.07, 6.45) is 4.97. The molecule has 0 saturated carbocycles. The fraction of sp³-hybridized carbons (Fsp3) is 0.857. The molecule has 0 spiro atoms. The van der Waals surface area contributed by atoms with E-state index in [9.17, 15) is 9.59 Å². The van der Waals surface area contributed by atoms with Gasteiger partial charge in [-0.2, -0.15) is 0 Å². The van der Waals surface area contributed by atoms with Gasteiger partial charge in [-0.15, -0.1) is 0 Å². The first-order valence-corrected chi connectivity index (χ1v) is 7.18. The van der Waals surface area contributed by atoms with E-state index in [0.717, 1.165) is 19.4 Å². The van der Waals surface area contributed by atoms with Crippen molar-refractivity contribution in [3.8, 4) is 0 Å². The predicted molar refractivity (Wildman–Crippen MR) is 75.8 cm³/mol. The molecule has 1 saturated heterocycles. The molecular formula is C14H27N3O2. The highest BCUT2D eigenvalue weighted by Crippen LogP contribution is 2.11. The lowest BCUT2D eigenvalue weighted by Gasteiger charge is -2.23. The average molecular weight is 269 g/mol. The van der Waals surface area contributed by atoms with Crippen molar-refractivity contribution >= 4 is 11.8 Å². The van der Waals surface area contributed by atoms with Gasteiger partial charge in [0.05, 0.1) is 6.54 Å². The Bertz CT molecular complexity index is 304. The number of carbonyl (C=O) groups is 2. The molecule has 1 aliphatic heterocycles. The van der Waals surface area contributed by atoms with E-state index in [1.165, 1.54) is 12.8 Å². The molecule has 2 amide bonds. The molecule has 0 bridgehead atoms. The molecule has 0 aromatic carbocycles. The lowest BCUT2D eigenvalue weighted by atomic mass is 10.0. The van der Waals surface area contributed by atoms with E-state index in [4.69, 9.17) is 0 Å². The van der Waals surface area contributed by atoms with Gasteiger partial charge in [-0.25, -0.2) is 0 Å². The maximum atomic E-state index is 11.6. The summed E-state index contributed by atoms with van der Waals surface area (Å²) in [5.74, 6) is -0.187. The summed E-state index contributed by atoms with van der Waals surface area (Å²) in [5.41, 5.74) is -0.256. The van der Waals surface area contributed by atoms with Gasteiger partial charge in [0.1, 0.15) is 0 Å². The van der Waals surface area contributed by atoms with Gasteiger partial charge >= 0.3 is 0 Å². The first kappa shape index (κ1) is 16.0. The number of amides is 2. The van der Waals surface area contributed by atoms with Crippen LogP contribution in [0.15, 0.2) is 0 Å². The van der Waals surface area contributed by atoms with E-state index >= 15 is 0 Å². The molecule has 19 heavy (non-hydrogen) atoms. The van der Waals surface area contributed by atoms with E-state index in [0.29, 0.717) is 12.5 Å². The molecule has 0 radical (unpaired) electrons. The van der Waals surface area contributed by atoms with Crippen LogP contribution in [0.4, 0.5) is 0 Å². The van der Waals surface area contributed by atoms with Gasteiger partial charge in [0.2, 0.25) is 11.8 Å². The number of nitrogens with one attached hydrogen (secondary N) is 3. The summed E-state index contributed by atoms with van der Waals surface area (Å²) in [6, 6.07) is 0.461. The van der Waals surface area contributed by atoms with E-state index in [1.807, 2.05) is 20.8 Å².